The van der Waals surface area contributed by atoms with E-state index in [-0.39, 0.29) is 11.5 Å². The van der Waals surface area contributed by atoms with E-state index in [1.54, 1.807) is 0 Å². The van der Waals surface area contributed by atoms with Gasteiger partial charge in [0, 0.05) is 18.3 Å². The second-order valence-corrected chi connectivity index (χ2v) is 4.22. The lowest BCUT2D eigenvalue weighted by Gasteiger charge is -2.01. The zero-order valence-corrected chi connectivity index (χ0v) is 10.8. The molecule has 0 bridgehead atoms. The minimum absolute atomic E-state index is 0.106. The van der Waals surface area contributed by atoms with Crippen LogP contribution in [-0.2, 0) is 0 Å². The van der Waals surface area contributed by atoms with Crippen molar-refractivity contribution in [3.63, 3.8) is 0 Å². The molecule has 0 spiro atoms. The second-order valence-electron chi connectivity index (χ2n) is 4.22. The quantitative estimate of drug-likeness (QED) is 0.500. The smallest absolute Gasteiger partial charge is 0.267 e. The van der Waals surface area contributed by atoms with Crippen LogP contribution in [0.3, 0.4) is 0 Å². The fourth-order valence-electron chi connectivity index (χ4n) is 1.25. The van der Waals surface area contributed by atoms with Crippen molar-refractivity contribution in [1.82, 2.24) is 5.43 Å². The molecule has 0 aliphatic carbocycles. The standard InChI is InChI=1S/C11H12N4O5/c1-7(2)6-12-13-11(16)8-3-9(14(17)18)5-10(4-8)15(19)20/h3-7H,1-2H3,(H,13,16)/b12-6+. The summed E-state index contributed by atoms with van der Waals surface area (Å²) in [5.74, 6) is -0.650. The molecule has 0 saturated carbocycles. The van der Waals surface area contributed by atoms with Gasteiger partial charge in [-0.1, -0.05) is 13.8 Å². The minimum atomic E-state index is -0.804. The SMILES string of the molecule is CC(C)/C=N/NC(=O)c1cc([N+](=O)[O-])cc([N+](=O)[O-])c1. The summed E-state index contributed by atoms with van der Waals surface area (Å²) in [6, 6.07) is 2.69. The number of nitro benzene ring substituents is 2. The number of nitrogens with one attached hydrogen (secondary N) is 1. The van der Waals surface area contributed by atoms with Gasteiger partial charge >= 0.3 is 0 Å². The average molecular weight is 280 g/mol. The largest absolute Gasteiger partial charge is 0.277 e. The van der Waals surface area contributed by atoms with Crippen LogP contribution in [0.15, 0.2) is 23.3 Å². The van der Waals surface area contributed by atoms with Gasteiger partial charge in [0.15, 0.2) is 0 Å². The molecular formula is C11H12N4O5. The highest BCUT2D eigenvalue weighted by atomic mass is 16.6. The third-order valence-corrected chi connectivity index (χ3v) is 2.13. The Hall–Kier alpha value is -2.84. The molecule has 0 aliphatic heterocycles. The lowest BCUT2D eigenvalue weighted by atomic mass is 10.1. The third-order valence-electron chi connectivity index (χ3n) is 2.13. The van der Waals surface area contributed by atoms with E-state index >= 15 is 0 Å². The number of amides is 1. The minimum Gasteiger partial charge on any atom is -0.267 e. The first-order chi connectivity index (χ1) is 9.31. The van der Waals surface area contributed by atoms with Gasteiger partial charge in [0.2, 0.25) is 0 Å². The van der Waals surface area contributed by atoms with Crippen molar-refractivity contribution in [3.05, 3.63) is 44.0 Å². The van der Waals surface area contributed by atoms with Crippen molar-refractivity contribution < 1.29 is 14.6 Å². The fraction of sp³-hybridized carbons (Fsp3) is 0.273. The molecule has 0 saturated heterocycles. The Morgan fingerprint density at radius 2 is 1.70 bits per heavy atom. The van der Waals surface area contributed by atoms with Crippen LogP contribution in [0.25, 0.3) is 0 Å². The summed E-state index contributed by atoms with van der Waals surface area (Å²) < 4.78 is 0. The molecule has 0 radical (unpaired) electrons. The molecule has 0 unspecified atom stereocenters. The molecule has 1 amide bonds. The van der Waals surface area contributed by atoms with Gasteiger partial charge in [-0.2, -0.15) is 5.10 Å². The molecule has 1 aromatic carbocycles. The van der Waals surface area contributed by atoms with Crippen LogP contribution in [0.1, 0.15) is 24.2 Å². The Balaban J connectivity index is 3.07. The van der Waals surface area contributed by atoms with Crippen molar-refractivity contribution in [1.29, 1.82) is 0 Å². The molecule has 9 heteroatoms. The summed E-state index contributed by atoms with van der Waals surface area (Å²) in [4.78, 5) is 31.4. The van der Waals surface area contributed by atoms with E-state index in [0.717, 1.165) is 18.2 Å². The van der Waals surface area contributed by atoms with Gasteiger partial charge in [0.1, 0.15) is 0 Å². The molecule has 1 rings (SSSR count). The Morgan fingerprint density at radius 3 is 2.10 bits per heavy atom. The van der Waals surface area contributed by atoms with Gasteiger partial charge in [-0.15, -0.1) is 0 Å². The summed E-state index contributed by atoms with van der Waals surface area (Å²) >= 11 is 0. The molecule has 0 atom stereocenters. The van der Waals surface area contributed by atoms with E-state index in [9.17, 15) is 25.0 Å². The summed E-state index contributed by atoms with van der Waals surface area (Å²) in [7, 11) is 0. The van der Waals surface area contributed by atoms with Crippen LogP contribution in [0.4, 0.5) is 11.4 Å². The summed E-state index contributed by atoms with van der Waals surface area (Å²) in [6.45, 7) is 3.68. The monoisotopic (exact) mass is 280 g/mol. The number of hydrogen-bond donors (Lipinski definition) is 1. The predicted molar refractivity (Wildman–Crippen MR) is 70.5 cm³/mol. The number of nitrogens with zero attached hydrogens (tertiary/aromatic N) is 3. The van der Waals surface area contributed by atoms with E-state index in [1.807, 2.05) is 13.8 Å². The average Bonchev–Trinajstić information content (AvgIpc) is 2.37. The first-order valence-corrected chi connectivity index (χ1v) is 5.58. The zero-order valence-electron chi connectivity index (χ0n) is 10.8. The first kappa shape index (κ1) is 15.2. The molecule has 9 nitrogen and oxygen atoms in total. The maximum atomic E-state index is 11.7. The fourth-order valence-corrected chi connectivity index (χ4v) is 1.25. The molecular weight excluding hydrogens is 268 g/mol. The lowest BCUT2D eigenvalue weighted by Crippen LogP contribution is -2.18. The van der Waals surface area contributed by atoms with Gasteiger partial charge in [-0.05, 0) is 5.92 Å². The van der Waals surface area contributed by atoms with Crippen LogP contribution < -0.4 is 5.43 Å². The van der Waals surface area contributed by atoms with Crippen LogP contribution in [-0.4, -0.2) is 22.0 Å². The van der Waals surface area contributed by atoms with E-state index < -0.39 is 27.1 Å². The highest BCUT2D eigenvalue weighted by Crippen LogP contribution is 2.22. The van der Waals surface area contributed by atoms with Gasteiger partial charge < -0.3 is 0 Å². The number of rotatable bonds is 5. The second kappa shape index (κ2) is 6.36. The molecule has 0 aromatic heterocycles. The highest BCUT2D eigenvalue weighted by Gasteiger charge is 2.19. The predicted octanol–water partition coefficient (Wildman–Crippen LogP) is 1.87. The number of carbonyl (C=O) groups excluding carboxylic acids is 1. The number of hydrazone groups is 1. The van der Waals surface area contributed by atoms with E-state index in [1.165, 1.54) is 6.21 Å². The molecule has 20 heavy (non-hydrogen) atoms. The Kier molecular flexibility index (Phi) is 4.84. The van der Waals surface area contributed by atoms with Crippen molar-refractivity contribution in [3.8, 4) is 0 Å². The third kappa shape index (κ3) is 4.12. The molecule has 0 aliphatic rings. The van der Waals surface area contributed by atoms with Crippen molar-refractivity contribution in [2.45, 2.75) is 13.8 Å². The van der Waals surface area contributed by atoms with Crippen LogP contribution in [0.5, 0.6) is 0 Å². The van der Waals surface area contributed by atoms with Crippen LogP contribution in [0.2, 0.25) is 0 Å². The van der Waals surface area contributed by atoms with Crippen molar-refractivity contribution in [2.75, 3.05) is 0 Å². The summed E-state index contributed by atoms with van der Waals surface area (Å²) in [5.41, 5.74) is 0.885. The van der Waals surface area contributed by atoms with E-state index in [4.69, 9.17) is 0 Å². The lowest BCUT2D eigenvalue weighted by molar-refractivity contribution is -0.394. The Bertz CT molecular complexity index is 550. The maximum Gasteiger partial charge on any atom is 0.277 e. The first-order valence-electron chi connectivity index (χ1n) is 5.58. The Morgan fingerprint density at radius 1 is 1.20 bits per heavy atom. The number of hydrogen-bond acceptors (Lipinski definition) is 6. The molecule has 106 valence electrons. The van der Waals surface area contributed by atoms with Gasteiger partial charge in [0.25, 0.3) is 17.3 Å². The maximum absolute atomic E-state index is 11.7. The molecule has 1 N–H and O–H groups in total. The normalized spacial score (nSPS) is 10.8. The Labute approximate surface area is 113 Å². The number of non-ortho nitro benzene ring substituents is 2. The van der Waals surface area contributed by atoms with Crippen LogP contribution in [0, 0.1) is 26.1 Å². The number of carbonyl (C=O) groups is 1. The van der Waals surface area contributed by atoms with Gasteiger partial charge in [-0.25, -0.2) is 5.43 Å². The number of nitro groups is 2. The summed E-state index contributed by atoms with van der Waals surface area (Å²) in [6.07, 6.45) is 1.46. The topological polar surface area (TPSA) is 128 Å². The van der Waals surface area contributed by atoms with E-state index in [0.29, 0.717) is 0 Å². The van der Waals surface area contributed by atoms with Crippen molar-refractivity contribution >= 4 is 23.5 Å². The zero-order chi connectivity index (χ0) is 15.3. The van der Waals surface area contributed by atoms with Crippen molar-refractivity contribution in [2.24, 2.45) is 11.0 Å². The van der Waals surface area contributed by atoms with Gasteiger partial charge in [0.05, 0.1) is 21.5 Å². The molecule has 0 heterocycles. The van der Waals surface area contributed by atoms with Crippen LogP contribution >= 0.6 is 0 Å². The summed E-state index contributed by atoms with van der Waals surface area (Å²) in [5, 5.41) is 25.0. The molecule has 1 aromatic rings. The number of benzene rings is 1. The van der Waals surface area contributed by atoms with Gasteiger partial charge in [-0.3, -0.25) is 25.0 Å². The molecule has 0 fully saturated rings. The highest BCUT2D eigenvalue weighted by molar-refractivity contribution is 5.95. The van der Waals surface area contributed by atoms with E-state index in [2.05, 4.69) is 10.5 Å².